The number of hydrogen-bond donors (Lipinski definition) is 3. The van der Waals surface area contributed by atoms with Crippen LogP contribution in [0.2, 0.25) is 0 Å². The number of rotatable bonds is 4. The van der Waals surface area contributed by atoms with Crippen molar-refractivity contribution in [1.82, 2.24) is 9.97 Å². The molecule has 106 valence electrons. The summed E-state index contributed by atoms with van der Waals surface area (Å²) < 4.78 is 0. The van der Waals surface area contributed by atoms with E-state index in [1.807, 2.05) is 27.1 Å². The molecule has 2 aromatic rings. The molecule has 6 nitrogen and oxygen atoms in total. The standard InChI is InChI=1S/C14H20N6/c1-9-5-6-11(7-12(9)20(3)4)18-13-10(2)14(19-15)17-8-16-13/h5-8H,15H2,1-4H3,(H2,16,17,18,19). The minimum absolute atomic E-state index is 0.613. The Labute approximate surface area is 119 Å². The first-order chi connectivity index (χ1) is 9.52. The summed E-state index contributed by atoms with van der Waals surface area (Å²) in [4.78, 5) is 10.4. The summed E-state index contributed by atoms with van der Waals surface area (Å²) in [6.45, 7) is 4.00. The lowest BCUT2D eigenvalue weighted by Gasteiger charge is -2.18. The summed E-state index contributed by atoms with van der Waals surface area (Å²) in [7, 11) is 4.05. The van der Waals surface area contributed by atoms with Gasteiger partial charge in [-0.25, -0.2) is 15.8 Å². The molecular formula is C14H20N6. The number of nitrogen functional groups attached to an aromatic ring is 1. The molecular weight excluding hydrogens is 252 g/mol. The molecule has 0 aliphatic heterocycles. The number of anilines is 4. The average Bonchev–Trinajstić information content (AvgIpc) is 2.43. The van der Waals surface area contributed by atoms with E-state index in [1.165, 1.54) is 17.6 Å². The summed E-state index contributed by atoms with van der Waals surface area (Å²) in [5.41, 5.74) is 6.81. The molecule has 0 saturated carbocycles. The van der Waals surface area contributed by atoms with Crippen LogP contribution in [0.3, 0.4) is 0 Å². The maximum atomic E-state index is 5.42. The molecule has 0 bridgehead atoms. The van der Waals surface area contributed by atoms with E-state index in [0.29, 0.717) is 5.82 Å². The van der Waals surface area contributed by atoms with E-state index >= 15 is 0 Å². The monoisotopic (exact) mass is 272 g/mol. The Morgan fingerprint density at radius 1 is 1.10 bits per heavy atom. The zero-order valence-corrected chi connectivity index (χ0v) is 12.2. The Morgan fingerprint density at radius 3 is 2.45 bits per heavy atom. The number of aromatic nitrogens is 2. The number of nitrogens with one attached hydrogen (secondary N) is 2. The molecule has 1 aromatic carbocycles. The molecule has 0 unspecified atom stereocenters. The third-order valence-electron chi connectivity index (χ3n) is 3.17. The molecule has 20 heavy (non-hydrogen) atoms. The highest BCUT2D eigenvalue weighted by atomic mass is 15.3. The predicted octanol–water partition coefficient (Wildman–Crippen LogP) is 2.19. The molecule has 6 heteroatoms. The minimum atomic E-state index is 0.613. The number of nitrogens with two attached hydrogens (primary N) is 1. The van der Waals surface area contributed by atoms with Crippen molar-refractivity contribution in [2.45, 2.75) is 13.8 Å². The predicted molar refractivity (Wildman–Crippen MR) is 83.4 cm³/mol. The van der Waals surface area contributed by atoms with Gasteiger partial charge in [0.15, 0.2) is 0 Å². The second-order valence-electron chi connectivity index (χ2n) is 4.86. The lowest BCUT2D eigenvalue weighted by molar-refractivity contribution is 1.10. The lowest BCUT2D eigenvalue weighted by atomic mass is 10.1. The van der Waals surface area contributed by atoms with Gasteiger partial charge in [-0.15, -0.1) is 0 Å². The van der Waals surface area contributed by atoms with Crippen molar-refractivity contribution < 1.29 is 0 Å². The van der Waals surface area contributed by atoms with Crippen LogP contribution in [0.5, 0.6) is 0 Å². The van der Waals surface area contributed by atoms with E-state index in [4.69, 9.17) is 5.84 Å². The minimum Gasteiger partial charge on any atom is -0.377 e. The molecule has 0 aliphatic rings. The van der Waals surface area contributed by atoms with Gasteiger partial charge in [0.2, 0.25) is 0 Å². The van der Waals surface area contributed by atoms with Crippen LogP contribution in [0.4, 0.5) is 23.0 Å². The molecule has 4 N–H and O–H groups in total. The van der Waals surface area contributed by atoms with Crippen LogP contribution in [-0.2, 0) is 0 Å². The lowest BCUT2D eigenvalue weighted by Crippen LogP contribution is -2.12. The van der Waals surface area contributed by atoms with Gasteiger partial charge in [-0.3, -0.25) is 0 Å². The van der Waals surface area contributed by atoms with Gasteiger partial charge in [-0.2, -0.15) is 0 Å². The van der Waals surface area contributed by atoms with Crippen molar-refractivity contribution in [3.05, 3.63) is 35.7 Å². The molecule has 2 rings (SSSR count). The van der Waals surface area contributed by atoms with Crippen molar-refractivity contribution in [2.75, 3.05) is 29.7 Å². The Balaban J connectivity index is 2.33. The van der Waals surface area contributed by atoms with Gasteiger partial charge in [0, 0.05) is 31.0 Å². The van der Waals surface area contributed by atoms with Crippen LogP contribution in [-0.4, -0.2) is 24.1 Å². The van der Waals surface area contributed by atoms with E-state index in [-0.39, 0.29) is 0 Å². The largest absolute Gasteiger partial charge is 0.377 e. The van der Waals surface area contributed by atoms with Crippen LogP contribution in [0.1, 0.15) is 11.1 Å². The van der Waals surface area contributed by atoms with Crippen LogP contribution in [0.25, 0.3) is 0 Å². The van der Waals surface area contributed by atoms with Gasteiger partial charge in [0.05, 0.1) is 0 Å². The number of benzene rings is 1. The van der Waals surface area contributed by atoms with E-state index in [0.717, 1.165) is 17.1 Å². The molecule has 1 heterocycles. The van der Waals surface area contributed by atoms with Crippen LogP contribution >= 0.6 is 0 Å². The Hall–Kier alpha value is -2.34. The SMILES string of the molecule is Cc1ccc(Nc2ncnc(NN)c2C)cc1N(C)C. The van der Waals surface area contributed by atoms with Crippen molar-refractivity contribution in [3.8, 4) is 0 Å². The Morgan fingerprint density at radius 2 is 1.80 bits per heavy atom. The molecule has 0 aliphatic carbocycles. The third-order valence-corrected chi connectivity index (χ3v) is 3.17. The maximum absolute atomic E-state index is 5.42. The van der Waals surface area contributed by atoms with Crippen LogP contribution in [0, 0.1) is 13.8 Å². The number of hydrogen-bond acceptors (Lipinski definition) is 6. The second kappa shape index (κ2) is 5.75. The highest BCUT2D eigenvalue weighted by Gasteiger charge is 2.08. The Bertz CT molecular complexity index is 609. The molecule has 1 aromatic heterocycles. The molecule has 0 spiro atoms. The van der Waals surface area contributed by atoms with Crippen molar-refractivity contribution in [1.29, 1.82) is 0 Å². The number of nitrogens with zero attached hydrogens (tertiary/aromatic N) is 3. The number of hydrazine groups is 1. The van der Waals surface area contributed by atoms with Crippen molar-refractivity contribution >= 4 is 23.0 Å². The second-order valence-corrected chi connectivity index (χ2v) is 4.86. The van der Waals surface area contributed by atoms with Crippen LogP contribution in [0.15, 0.2) is 24.5 Å². The van der Waals surface area contributed by atoms with Gasteiger partial charge in [-0.05, 0) is 31.5 Å². The number of aryl methyl sites for hydroxylation is 1. The van der Waals surface area contributed by atoms with Gasteiger partial charge in [0.1, 0.15) is 18.0 Å². The van der Waals surface area contributed by atoms with Gasteiger partial charge in [-0.1, -0.05) is 6.07 Å². The summed E-state index contributed by atoms with van der Waals surface area (Å²) in [5, 5.41) is 3.30. The van der Waals surface area contributed by atoms with Crippen LogP contribution < -0.4 is 21.5 Å². The zero-order chi connectivity index (χ0) is 14.7. The van der Waals surface area contributed by atoms with Gasteiger partial charge >= 0.3 is 0 Å². The zero-order valence-electron chi connectivity index (χ0n) is 12.2. The van der Waals surface area contributed by atoms with Crippen molar-refractivity contribution in [3.63, 3.8) is 0 Å². The first-order valence-corrected chi connectivity index (χ1v) is 6.36. The first-order valence-electron chi connectivity index (χ1n) is 6.36. The molecule has 0 atom stereocenters. The quantitative estimate of drug-likeness (QED) is 0.585. The Kier molecular flexibility index (Phi) is 4.05. The fourth-order valence-electron chi connectivity index (χ4n) is 2.03. The van der Waals surface area contributed by atoms with Gasteiger partial charge in [0.25, 0.3) is 0 Å². The molecule has 0 amide bonds. The molecule has 0 saturated heterocycles. The first kappa shape index (κ1) is 14.1. The molecule has 0 radical (unpaired) electrons. The smallest absolute Gasteiger partial charge is 0.148 e. The highest BCUT2D eigenvalue weighted by Crippen LogP contribution is 2.26. The van der Waals surface area contributed by atoms with E-state index in [9.17, 15) is 0 Å². The third kappa shape index (κ3) is 2.80. The van der Waals surface area contributed by atoms with E-state index < -0.39 is 0 Å². The fourth-order valence-corrected chi connectivity index (χ4v) is 2.03. The van der Waals surface area contributed by atoms with E-state index in [1.54, 1.807) is 0 Å². The van der Waals surface area contributed by atoms with Gasteiger partial charge < -0.3 is 15.6 Å². The summed E-state index contributed by atoms with van der Waals surface area (Å²) in [6, 6.07) is 6.20. The van der Waals surface area contributed by atoms with Crippen molar-refractivity contribution in [2.24, 2.45) is 5.84 Å². The average molecular weight is 272 g/mol. The molecule has 0 fully saturated rings. The summed E-state index contributed by atoms with van der Waals surface area (Å²) in [5.74, 6) is 6.77. The van der Waals surface area contributed by atoms with E-state index in [2.05, 4.69) is 44.7 Å². The summed E-state index contributed by atoms with van der Waals surface area (Å²) >= 11 is 0. The topological polar surface area (TPSA) is 79.1 Å². The normalized spacial score (nSPS) is 10.2. The highest BCUT2D eigenvalue weighted by molar-refractivity contribution is 5.69. The maximum Gasteiger partial charge on any atom is 0.148 e. The fraction of sp³-hybridized carbons (Fsp3) is 0.286. The summed E-state index contributed by atoms with van der Waals surface area (Å²) in [6.07, 6.45) is 1.48.